The topological polar surface area (TPSA) is 71.2 Å². The van der Waals surface area contributed by atoms with E-state index in [0.29, 0.717) is 17.1 Å². The molecule has 2 aromatic heterocycles. The maximum atomic E-state index is 12.8. The van der Waals surface area contributed by atoms with Crippen molar-refractivity contribution >= 4 is 38.8 Å². The van der Waals surface area contributed by atoms with Gasteiger partial charge in [-0.1, -0.05) is 12.1 Å². The second-order valence-corrected chi connectivity index (χ2v) is 9.36. The van der Waals surface area contributed by atoms with E-state index in [1.165, 1.54) is 53.0 Å². The molecule has 0 atom stereocenters. The van der Waals surface area contributed by atoms with Crippen LogP contribution >= 0.6 is 11.3 Å². The molecule has 2 aliphatic rings. The van der Waals surface area contributed by atoms with Gasteiger partial charge in [-0.3, -0.25) is 4.79 Å². The number of nitrogens with zero attached hydrogens (tertiary/aromatic N) is 2. The van der Waals surface area contributed by atoms with Crippen LogP contribution in [0.1, 0.15) is 52.0 Å². The molecule has 1 fully saturated rings. The molecule has 0 unspecified atom stereocenters. The highest BCUT2D eigenvalue weighted by Gasteiger charge is 2.23. The van der Waals surface area contributed by atoms with Gasteiger partial charge >= 0.3 is 0 Å². The fraction of sp³-hybridized carbons (Fsp3) is 0.417. The number of carbonyl (C=O) groups excluding carboxylic acids is 1. The zero-order chi connectivity index (χ0) is 20.5. The van der Waals surface area contributed by atoms with E-state index in [1.54, 1.807) is 0 Å². The van der Waals surface area contributed by atoms with Crippen molar-refractivity contribution in [2.24, 2.45) is 0 Å². The Morgan fingerprint density at radius 1 is 1.10 bits per heavy atom. The van der Waals surface area contributed by atoms with Gasteiger partial charge in [-0.25, -0.2) is 4.98 Å². The predicted molar refractivity (Wildman–Crippen MR) is 125 cm³/mol. The second kappa shape index (κ2) is 8.26. The van der Waals surface area contributed by atoms with Gasteiger partial charge in [0.2, 0.25) is 0 Å². The number of rotatable bonds is 5. The summed E-state index contributed by atoms with van der Waals surface area (Å²) in [6.45, 7) is 2.91. The van der Waals surface area contributed by atoms with Gasteiger partial charge in [0, 0.05) is 36.9 Å². The van der Waals surface area contributed by atoms with Crippen LogP contribution < -0.4 is 16.0 Å². The molecule has 1 aliphatic carbocycles. The predicted octanol–water partition coefficient (Wildman–Crippen LogP) is 4.33. The third-order valence-corrected chi connectivity index (χ3v) is 7.50. The number of fused-ring (bicyclic) bond motifs is 3. The number of hydrogen-bond acceptors (Lipinski definition) is 5. The van der Waals surface area contributed by atoms with Crippen molar-refractivity contribution in [3.8, 4) is 0 Å². The molecule has 156 valence electrons. The fourth-order valence-electron chi connectivity index (χ4n) is 4.74. The summed E-state index contributed by atoms with van der Waals surface area (Å²) in [5, 5.41) is 4.06. The van der Waals surface area contributed by atoms with E-state index in [0.717, 1.165) is 49.0 Å². The van der Waals surface area contributed by atoms with Crippen LogP contribution in [0, 0.1) is 0 Å². The average molecular weight is 421 g/mol. The van der Waals surface area contributed by atoms with Gasteiger partial charge in [0.1, 0.15) is 9.71 Å². The van der Waals surface area contributed by atoms with Crippen molar-refractivity contribution in [2.45, 2.75) is 44.9 Å². The third kappa shape index (κ3) is 3.65. The molecule has 3 N–H and O–H groups in total. The monoisotopic (exact) mass is 420 g/mol. The number of nitrogens with one attached hydrogen (secondary N) is 1. The van der Waals surface area contributed by atoms with E-state index in [4.69, 9.17) is 5.73 Å². The van der Waals surface area contributed by atoms with E-state index in [9.17, 15) is 4.79 Å². The minimum absolute atomic E-state index is 0.0906. The zero-order valence-electron chi connectivity index (χ0n) is 17.2. The number of piperidine rings is 1. The van der Waals surface area contributed by atoms with Crippen molar-refractivity contribution in [2.75, 3.05) is 30.3 Å². The maximum absolute atomic E-state index is 12.8. The first-order valence-corrected chi connectivity index (χ1v) is 11.8. The lowest BCUT2D eigenvalue weighted by Crippen LogP contribution is -2.29. The summed E-state index contributed by atoms with van der Waals surface area (Å²) in [6.07, 6.45) is 9.91. The zero-order valence-corrected chi connectivity index (χ0v) is 18.1. The third-order valence-electron chi connectivity index (χ3n) is 6.39. The SMILES string of the molecule is Nc1c(C(=O)NCCc2ccc(N3CCCCC3)cc2)sc2ncc3c(c12)CCC3. The highest BCUT2D eigenvalue weighted by molar-refractivity contribution is 7.21. The molecule has 1 amide bonds. The molecule has 30 heavy (non-hydrogen) atoms. The molecule has 0 radical (unpaired) electrons. The average Bonchev–Trinajstić information content (AvgIpc) is 3.39. The Kier molecular flexibility index (Phi) is 5.34. The minimum atomic E-state index is -0.0906. The summed E-state index contributed by atoms with van der Waals surface area (Å²) in [6, 6.07) is 8.77. The minimum Gasteiger partial charge on any atom is -0.397 e. The molecule has 0 spiro atoms. The van der Waals surface area contributed by atoms with Gasteiger partial charge < -0.3 is 16.0 Å². The summed E-state index contributed by atoms with van der Waals surface area (Å²) in [7, 11) is 0. The van der Waals surface area contributed by atoms with E-state index < -0.39 is 0 Å². The Morgan fingerprint density at radius 2 is 1.90 bits per heavy atom. The molecule has 1 saturated heterocycles. The van der Waals surface area contributed by atoms with Crippen molar-refractivity contribution in [1.82, 2.24) is 10.3 Å². The number of hydrogen-bond donors (Lipinski definition) is 2. The first-order valence-electron chi connectivity index (χ1n) is 11.0. The standard InChI is InChI=1S/C24H28N4OS/c25-21-20-19-6-4-5-17(19)15-27-24(20)30-22(21)23(29)26-12-11-16-7-9-18(10-8-16)28-13-2-1-3-14-28/h7-10,15H,1-6,11-14,25H2,(H,26,29). The molecule has 3 heterocycles. The van der Waals surface area contributed by atoms with Gasteiger partial charge in [0.15, 0.2) is 0 Å². The smallest absolute Gasteiger partial charge is 0.263 e. The molecule has 1 aliphatic heterocycles. The number of benzene rings is 1. The van der Waals surface area contributed by atoms with E-state index in [2.05, 4.69) is 39.5 Å². The number of thiophene rings is 1. The van der Waals surface area contributed by atoms with Crippen LogP contribution in [-0.4, -0.2) is 30.5 Å². The van der Waals surface area contributed by atoms with Gasteiger partial charge in [0.05, 0.1) is 5.69 Å². The molecule has 6 heteroatoms. The van der Waals surface area contributed by atoms with Crippen molar-refractivity contribution < 1.29 is 4.79 Å². The van der Waals surface area contributed by atoms with Gasteiger partial charge in [-0.2, -0.15) is 0 Å². The summed E-state index contributed by atoms with van der Waals surface area (Å²) in [4.78, 5) is 21.3. The fourth-order valence-corrected chi connectivity index (χ4v) is 5.75. The van der Waals surface area contributed by atoms with E-state index in [-0.39, 0.29) is 5.91 Å². The first kappa shape index (κ1) is 19.4. The number of anilines is 2. The van der Waals surface area contributed by atoms with Crippen LogP contribution in [0.25, 0.3) is 10.2 Å². The van der Waals surface area contributed by atoms with Gasteiger partial charge in [0.25, 0.3) is 5.91 Å². The van der Waals surface area contributed by atoms with Gasteiger partial charge in [-0.15, -0.1) is 11.3 Å². The van der Waals surface area contributed by atoms with Crippen LogP contribution in [0.15, 0.2) is 30.5 Å². The van der Waals surface area contributed by atoms with Gasteiger partial charge in [-0.05, 0) is 73.8 Å². The Morgan fingerprint density at radius 3 is 2.70 bits per heavy atom. The van der Waals surface area contributed by atoms with E-state index in [1.807, 2.05) is 6.20 Å². The number of carbonyl (C=O) groups is 1. The Bertz CT molecular complexity index is 1070. The van der Waals surface area contributed by atoms with Crippen LogP contribution in [-0.2, 0) is 19.3 Å². The van der Waals surface area contributed by atoms with Crippen molar-refractivity contribution in [3.05, 3.63) is 52.0 Å². The summed E-state index contributed by atoms with van der Waals surface area (Å²) in [5.41, 5.74) is 12.1. The summed E-state index contributed by atoms with van der Waals surface area (Å²) >= 11 is 1.41. The number of aromatic nitrogens is 1. The van der Waals surface area contributed by atoms with Crippen LogP contribution in [0.2, 0.25) is 0 Å². The van der Waals surface area contributed by atoms with Crippen LogP contribution in [0.4, 0.5) is 11.4 Å². The maximum Gasteiger partial charge on any atom is 0.263 e. The molecular formula is C24H28N4OS. The lowest BCUT2D eigenvalue weighted by molar-refractivity contribution is 0.0959. The number of nitrogen functional groups attached to an aromatic ring is 1. The molecule has 1 aromatic carbocycles. The number of aryl methyl sites for hydroxylation is 2. The first-order chi connectivity index (χ1) is 14.7. The van der Waals surface area contributed by atoms with E-state index >= 15 is 0 Å². The normalized spacial score (nSPS) is 16.1. The molecule has 0 saturated carbocycles. The number of pyridine rings is 1. The molecule has 5 nitrogen and oxygen atoms in total. The highest BCUT2D eigenvalue weighted by Crippen LogP contribution is 2.38. The summed E-state index contributed by atoms with van der Waals surface area (Å²) in [5.74, 6) is -0.0906. The van der Waals surface area contributed by atoms with Crippen molar-refractivity contribution in [3.63, 3.8) is 0 Å². The quantitative estimate of drug-likeness (QED) is 0.644. The number of amides is 1. The molecule has 5 rings (SSSR count). The highest BCUT2D eigenvalue weighted by atomic mass is 32.1. The Hall–Kier alpha value is -2.60. The Balaban J connectivity index is 1.22. The molecular weight excluding hydrogens is 392 g/mol. The summed E-state index contributed by atoms with van der Waals surface area (Å²) < 4.78 is 0. The molecule has 3 aromatic rings. The largest absolute Gasteiger partial charge is 0.397 e. The van der Waals surface area contributed by atoms with Crippen LogP contribution in [0.3, 0.4) is 0 Å². The second-order valence-electron chi connectivity index (χ2n) is 8.36. The van der Waals surface area contributed by atoms with Crippen molar-refractivity contribution in [1.29, 1.82) is 0 Å². The van der Waals surface area contributed by atoms with Crippen LogP contribution in [0.5, 0.6) is 0 Å². The lowest BCUT2D eigenvalue weighted by atomic mass is 10.1. The molecule has 0 bridgehead atoms. The Labute approximate surface area is 181 Å². The lowest BCUT2D eigenvalue weighted by Gasteiger charge is -2.28. The number of nitrogens with two attached hydrogens (primary N) is 1.